The minimum Gasteiger partial charge on any atom is -0.480 e. The van der Waals surface area contributed by atoms with Crippen molar-refractivity contribution in [2.24, 2.45) is 7.05 Å². The Morgan fingerprint density at radius 2 is 1.87 bits per heavy atom. The van der Waals surface area contributed by atoms with E-state index in [9.17, 15) is 18.3 Å². The van der Waals surface area contributed by atoms with Gasteiger partial charge < -0.3 is 19.4 Å². The van der Waals surface area contributed by atoms with E-state index < -0.39 is 18.0 Å². The van der Waals surface area contributed by atoms with Crippen molar-refractivity contribution in [3.05, 3.63) is 71.7 Å². The second kappa shape index (κ2) is 8.91. The number of rotatable bonds is 6. The summed E-state index contributed by atoms with van der Waals surface area (Å²) < 4.78 is 46.0. The molecule has 4 aromatic heterocycles. The molecule has 1 saturated carbocycles. The highest BCUT2D eigenvalue weighted by atomic mass is 19.4. The molecule has 1 unspecified atom stereocenters. The Labute approximate surface area is 214 Å². The van der Waals surface area contributed by atoms with Crippen molar-refractivity contribution < 1.29 is 23.0 Å². The third kappa shape index (κ3) is 4.16. The Kier molecular flexibility index (Phi) is 5.64. The lowest BCUT2D eigenvalue weighted by atomic mass is 10.0. The van der Waals surface area contributed by atoms with Gasteiger partial charge in [-0.3, -0.25) is 0 Å². The van der Waals surface area contributed by atoms with Crippen LogP contribution in [-0.4, -0.2) is 46.7 Å². The molecular weight excluding hydrogens is 499 g/mol. The van der Waals surface area contributed by atoms with Crippen LogP contribution in [0.15, 0.2) is 49.2 Å². The smallest absolute Gasteiger partial charge is 0.434 e. The number of methoxy groups -OCH3 is 1. The predicted molar refractivity (Wildman–Crippen MR) is 131 cm³/mol. The minimum atomic E-state index is -4.53. The summed E-state index contributed by atoms with van der Waals surface area (Å²) in [5.41, 5.74) is 3.24. The molecule has 0 bridgehead atoms. The number of aryl methyl sites for hydroxylation is 1. The molecule has 9 nitrogen and oxygen atoms in total. The molecule has 12 heteroatoms. The Bertz CT molecular complexity index is 1640. The first kappa shape index (κ1) is 24.0. The molecule has 5 aromatic rings. The average molecular weight is 522 g/mol. The zero-order valence-corrected chi connectivity index (χ0v) is 20.4. The molecule has 1 aromatic carbocycles. The van der Waals surface area contributed by atoms with Crippen molar-refractivity contribution in [3.8, 4) is 28.7 Å². The van der Waals surface area contributed by atoms with Crippen molar-refractivity contribution in [1.82, 2.24) is 34.5 Å². The lowest BCUT2D eigenvalue weighted by Crippen LogP contribution is -2.05. The minimum absolute atomic E-state index is 0.174. The van der Waals surface area contributed by atoms with E-state index >= 15 is 0 Å². The first-order valence-corrected chi connectivity index (χ1v) is 11.9. The van der Waals surface area contributed by atoms with Crippen LogP contribution in [-0.2, 0) is 13.2 Å². The van der Waals surface area contributed by atoms with Gasteiger partial charge in [-0.15, -0.1) is 0 Å². The zero-order chi connectivity index (χ0) is 26.6. The summed E-state index contributed by atoms with van der Waals surface area (Å²) in [5, 5.41) is 11.2. The van der Waals surface area contributed by atoms with Crippen LogP contribution >= 0.6 is 0 Å². The van der Waals surface area contributed by atoms with Crippen molar-refractivity contribution in [2.75, 3.05) is 7.11 Å². The molecule has 0 radical (unpaired) electrons. The Morgan fingerprint density at radius 3 is 2.53 bits per heavy atom. The van der Waals surface area contributed by atoms with Gasteiger partial charge >= 0.3 is 6.18 Å². The number of aliphatic hydroxyl groups excluding tert-OH is 1. The topological polar surface area (TPSA) is 115 Å². The van der Waals surface area contributed by atoms with E-state index in [2.05, 4.69) is 24.9 Å². The fourth-order valence-corrected chi connectivity index (χ4v) is 4.54. The van der Waals surface area contributed by atoms with Crippen molar-refractivity contribution in [1.29, 1.82) is 0 Å². The van der Waals surface area contributed by atoms with E-state index in [0.717, 1.165) is 24.7 Å². The number of aromatic nitrogens is 7. The maximum Gasteiger partial charge on any atom is 0.434 e. The number of benzene rings is 1. The molecule has 1 aliphatic rings. The number of nitrogens with one attached hydrogen (secondary N) is 1. The SMILES string of the molecule is COc1ncnc(C2CC2)c1-c1ncc2[nH]cc(C(O)c3ccc(-c4nc(C(F)(F)F)cn4C)cc3)c2n1. The van der Waals surface area contributed by atoms with Gasteiger partial charge in [0.15, 0.2) is 11.5 Å². The van der Waals surface area contributed by atoms with Crippen LogP contribution in [0, 0.1) is 0 Å². The second-order valence-electron chi connectivity index (χ2n) is 9.20. The number of alkyl halides is 3. The Hall–Kier alpha value is -4.32. The third-order valence-corrected chi connectivity index (χ3v) is 6.61. The van der Waals surface area contributed by atoms with Crippen LogP contribution in [0.2, 0.25) is 0 Å². The number of aromatic amines is 1. The number of ether oxygens (including phenoxy) is 1. The summed E-state index contributed by atoms with van der Waals surface area (Å²) in [7, 11) is 3.04. The van der Waals surface area contributed by atoms with Gasteiger partial charge in [0, 0.05) is 36.5 Å². The number of halogens is 3. The van der Waals surface area contributed by atoms with E-state index in [4.69, 9.17) is 9.72 Å². The lowest BCUT2D eigenvalue weighted by Gasteiger charge is -2.12. The molecule has 194 valence electrons. The molecule has 0 spiro atoms. The fourth-order valence-electron chi connectivity index (χ4n) is 4.54. The number of imidazole rings is 1. The van der Waals surface area contributed by atoms with E-state index in [1.165, 1.54) is 25.1 Å². The third-order valence-electron chi connectivity index (χ3n) is 6.61. The number of nitrogens with zero attached hydrogens (tertiary/aromatic N) is 6. The van der Waals surface area contributed by atoms with E-state index in [1.807, 2.05) is 0 Å². The normalized spacial score (nSPS) is 14.7. The summed E-state index contributed by atoms with van der Waals surface area (Å²) in [4.78, 5) is 24.8. The largest absolute Gasteiger partial charge is 0.480 e. The molecule has 38 heavy (non-hydrogen) atoms. The highest BCUT2D eigenvalue weighted by molar-refractivity contribution is 5.82. The van der Waals surface area contributed by atoms with Gasteiger partial charge in [-0.05, 0) is 18.4 Å². The summed E-state index contributed by atoms with van der Waals surface area (Å²) >= 11 is 0. The fraction of sp³-hybridized carbons (Fsp3) is 0.269. The van der Waals surface area contributed by atoms with E-state index in [-0.39, 0.29) is 5.82 Å². The standard InChI is InChI=1S/C26H22F3N7O2/c1-36-11-18(26(27,28)29)34-24(36)15-7-5-14(6-8-15)22(37)16-9-30-17-10-31-23(35-21(16)17)19-20(13-3-4-13)32-12-33-25(19)38-2/h5-13,22,30,37H,3-4H2,1-2H3. The Morgan fingerprint density at radius 1 is 1.11 bits per heavy atom. The Balaban J connectivity index is 1.35. The van der Waals surface area contributed by atoms with Gasteiger partial charge in [-0.2, -0.15) is 13.2 Å². The summed E-state index contributed by atoms with van der Waals surface area (Å²) in [6.07, 6.45) is 2.18. The molecule has 4 heterocycles. The first-order chi connectivity index (χ1) is 18.2. The number of aliphatic hydroxyl groups is 1. The summed E-state index contributed by atoms with van der Waals surface area (Å²) in [6.45, 7) is 0. The van der Waals surface area contributed by atoms with Crippen LogP contribution in [0.25, 0.3) is 33.8 Å². The van der Waals surface area contributed by atoms with Crippen LogP contribution in [0.1, 0.15) is 47.4 Å². The first-order valence-electron chi connectivity index (χ1n) is 11.9. The molecule has 2 N–H and O–H groups in total. The summed E-state index contributed by atoms with van der Waals surface area (Å²) in [6, 6.07) is 6.57. The molecular formula is C26H22F3N7O2. The lowest BCUT2D eigenvalue weighted by molar-refractivity contribution is -0.140. The number of hydrogen-bond acceptors (Lipinski definition) is 7. The highest BCUT2D eigenvalue weighted by Crippen LogP contribution is 2.45. The van der Waals surface area contributed by atoms with Gasteiger partial charge in [-0.25, -0.2) is 24.9 Å². The molecule has 0 aliphatic heterocycles. The van der Waals surface area contributed by atoms with Crippen LogP contribution in [0.4, 0.5) is 13.2 Å². The van der Waals surface area contributed by atoms with Crippen molar-refractivity contribution in [3.63, 3.8) is 0 Å². The van der Waals surface area contributed by atoms with Gasteiger partial charge in [0.25, 0.3) is 0 Å². The molecule has 6 rings (SSSR count). The number of fused-ring (bicyclic) bond motifs is 1. The average Bonchev–Trinajstić information content (AvgIpc) is 3.55. The molecule has 1 fully saturated rings. The van der Waals surface area contributed by atoms with Crippen LogP contribution < -0.4 is 4.74 Å². The molecule has 0 amide bonds. The van der Waals surface area contributed by atoms with Gasteiger partial charge in [0.1, 0.15) is 23.8 Å². The molecule has 1 aliphatic carbocycles. The quantitative estimate of drug-likeness (QED) is 0.330. The number of H-pyrrole nitrogens is 1. The maximum atomic E-state index is 13.1. The van der Waals surface area contributed by atoms with E-state index in [1.54, 1.807) is 36.7 Å². The van der Waals surface area contributed by atoms with Crippen LogP contribution in [0.5, 0.6) is 5.88 Å². The maximum absolute atomic E-state index is 13.1. The van der Waals surface area contributed by atoms with Crippen molar-refractivity contribution in [2.45, 2.75) is 31.0 Å². The highest BCUT2D eigenvalue weighted by Gasteiger charge is 2.35. The van der Waals surface area contributed by atoms with Gasteiger partial charge in [-0.1, -0.05) is 24.3 Å². The van der Waals surface area contributed by atoms with Gasteiger partial charge in [0.2, 0.25) is 5.88 Å². The monoisotopic (exact) mass is 521 g/mol. The summed E-state index contributed by atoms with van der Waals surface area (Å²) in [5.74, 6) is 1.27. The second-order valence-corrected chi connectivity index (χ2v) is 9.20. The van der Waals surface area contributed by atoms with Gasteiger partial charge in [0.05, 0.1) is 30.0 Å². The molecule has 0 saturated heterocycles. The molecule has 1 atom stereocenters. The van der Waals surface area contributed by atoms with Crippen molar-refractivity contribution >= 4 is 11.0 Å². The van der Waals surface area contributed by atoms with Crippen LogP contribution in [0.3, 0.4) is 0 Å². The van der Waals surface area contributed by atoms with E-state index in [0.29, 0.717) is 50.9 Å². The predicted octanol–water partition coefficient (Wildman–Crippen LogP) is 4.80. The number of hydrogen-bond donors (Lipinski definition) is 2. The zero-order valence-electron chi connectivity index (χ0n) is 20.4.